The van der Waals surface area contributed by atoms with Crippen molar-refractivity contribution < 1.29 is 4.79 Å². The van der Waals surface area contributed by atoms with Gasteiger partial charge in [-0.05, 0) is 18.0 Å². The summed E-state index contributed by atoms with van der Waals surface area (Å²) in [6, 6.07) is 0. The Bertz CT molecular complexity index is 535. The zero-order chi connectivity index (χ0) is 13.7. The summed E-state index contributed by atoms with van der Waals surface area (Å²) >= 11 is 1.20. The molecule has 102 valence electrons. The van der Waals surface area contributed by atoms with E-state index in [9.17, 15) is 4.79 Å². The summed E-state index contributed by atoms with van der Waals surface area (Å²) in [4.78, 5) is 15.6. The van der Waals surface area contributed by atoms with Gasteiger partial charge in [0, 0.05) is 32.5 Å². The molecule has 0 aliphatic rings. The van der Waals surface area contributed by atoms with Gasteiger partial charge in [-0.3, -0.25) is 4.79 Å². The molecule has 0 spiro atoms. The first kappa shape index (κ1) is 13.3. The van der Waals surface area contributed by atoms with Gasteiger partial charge in [-0.1, -0.05) is 0 Å². The van der Waals surface area contributed by atoms with E-state index in [2.05, 4.69) is 20.0 Å². The summed E-state index contributed by atoms with van der Waals surface area (Å²) in [6.45, 7) is 1.61. The van der Waals surface area contributed by atoms with Crippen LogP contribution in [0.4, 0.5) is 10.8 Å². The largest absolute Gasteiger partial charge is 0.382 e. The van der Waals surface area contributed by atoms with Crippen LogP contribution < -0.4 is 16.4 Å². The normalized spacial score (nSPS) is 10.4. The number of rotatable bonds is 6. The number of carbonyl (C=O) groups excluding carboxylic acids is 1. The van der Waals surface area contributed by atoms with Gasteiger partial charge >= 0.3 is 0 Å². The minimum Gasteiger partial charge on any atom is -0.382 e. The number of nitrogens with zero attached hydrogens (tertiary/aromatic N) is 3. The molecular formula is C11H16N6OS. The third kappa shape index (κ3) is 3.22. The van der Waals surface area contributed by atoms with E-state index in [-0.39, 0.29) is 11.7 Å². The summed E-state index contributed by atoms with van der Waals surface area (Å²) in [5.41, 5.74) is 6.11. The first-order chi connectivity index (χ1) is 9.22. The minimum atomic E-state index is -0.219. The van der Waals surface area contributed by atoms with Gasteiger partial charge in [0.1, 0.15) is 10.6 Å². The lowest BCUT2D eigenvalue weighted by Gasteiger charge is -2.06. The van der Waals surface area contributed by atoms with Crippen molar-refractivity contribution in [3.05, 3.63) is 24.3 Å². The molecule has 2 heterocycles. The number of hydrogen-bond donors (Lipinski definition) is 3. The molecule has 0 saturated heterocycles. The lowest BCUT2D eigenvalue weighted by Crippen LogP contribution is -2.20. The van der Waals surface area contributed by atoms with Crippen LogP contribution in [0.5, 0.6) is 0 Å². The van der Waals surface area contributed by atoms with Gasteiger partial charge in [0.25, 0.3) is 5.91 Å². The van der Waals surface area contributed by atoms with E-state index in [0.29, 0.717) is 10.6 Å². The van der Waals surface area contributed by atoms with Gasteiger partial charge < -0.3 is 20.9 Å². The van der Waals surface area contributed by atoms with Crippen LogP contribution in [0.25, 0.3) is 0 Å². The number of nitrogen functional groups attached to an aromatic ring is 1. The Morgan fingerprint density at radius 1 is 1.58 bits per heavy atom. The molecule has 0 aromatic carbocycles. The molecule has 1 amide bonds. The highest BCUT2D eigenvalue weighted by molar-refractivity contribution is 7.11. The molecule has 19 heavy (non-hydrogen) atoms. The highest BCUT2D eigenvalue weighted by atomic mass is 32.1. The number of carbonyl (C=O) groups is 1. The molecule has 0 saturated carbocycles. The number of anilines is 2. The third-order valence-electron chi connectivity index (χ3n) is 2.61. The third-order valence-corrected chi connectivity index (χ3v) is 3.43. The number of nitrogens with two attached hydrogens (primary N) is 1. The minimum absolute atomic E-state index is 0.219. The first-order valence-electron chi connectivity index (χ1n) is 5.89. The number of imidazole rings is 1. The molecule has 0 unspecified atom stereocenters. The maximum atomic E-state index is 11.7. The van der Waals surface area contributed by atoms with E-state index in [0.717, 1.165) is 19.5 Å². The van der Waals surface area contributed by atoms with E-state index < -0.39 is 0 Å². The molecular weight excluding hydrogens is 264 g/mol. The molecule has 2 aromatic rings. The second-order valence-electron chi connectivity index (χ2n) is 3.93. The number of aromatic nitrogens is 3. The van der Waals surface area contributed by atoms with Crippen molar-refractivity contribution in [2.75, 3.05) is 24.6 Å². The average molecular weight is 280 g/mol. The van der Waals surface area contributed by atoms with Crippen LogP contribution in [0, 0.1) is 0 Å². The van der Waals surface area contributed by atoms with Crippen LogP contribution in [-0.2, 0) is 6.54 Å². The number of hydrogen-bond acceptors (Lipinski definition) is 6. The van der Waals surface area contributed by atoms with Crippen molar-refractivity contribution in [2.24, 2.45) is 0 Å². The predicted molar refractivity (Wildman–Crippen MR) is 75.3 cm³/mol. The van der Waals surface area contributed by atoms with Gasteiger partial charge in [0.15, 0.2) is 5.82 Å². The summed E-state index contributed by atoms with van der Waals surface area (Å²) in [5, 5.41) is 6.46. The standard InChI is InChI=1S/C11H16N6OS/c1-13-10(18)8-9(12)16-19-11(8)15-3-2-5-17-6-4-14-7-17/h4,6-7,15H,2-3,5H2,1H3,(H2,12,16)(H,13,18). The fraction of sp³-hybridized carbons (Fsp3) is 0.364. The predicted octanol–water partition coefficient (Wildman–Crippen LogP) is 0.784. The quantitative estimate of drug-likeness (QED) is 0.679. The Kier molecular flexibility index (Phi) is 4.35. The monoisotopic (exact) mass is 280 g/mol. The Morgan fingerprint density at radius 2 is 2.42 bits per heavy atom. The molecule has 0 aliphatic carbocycles. The van der Waals surface area contributed by atoms with Gasteiger partial charge in [-0.25, -0.2) is 4.98 Å². The smallest absolute Gasteiger partial charge is 0.257 e. The zero-order valence-corrected chi connectivity index (χ0v) is 11.4. The van der Waals surface area contributed by atoms with Crippen LogP contribution >= 0.6 is 11.5 Å². The molecule has 0 aliphatic heterocycles. The molecule has 0 radical (unpaired) electrons. The number of nitrogens with one attached hydrogen (secondary N) is 2. The highest BCUT2D eigenvalue weighted by Gasteiger charge is 2.17. The second kappa shape index (κ2) is 6.19. The molecule has 0 bridgehead atoms. The molecule has 4 N–H and O–H groups in total. The van der Waals surface area contributed by atoms with Crippen LogP contribution in [0.2, 0.25) is 0 Å². The molecule has 7 nitrogen and oxygen atoms in total. The number of amides is 1. The van der Waals surface area contributed by atoms with Crippen molar-refractivity contribution in [1.29, 1.82) is 0 Å². The topological polar surface area (TPSA) is 97.9 Å². The number of aryl methyl sites for hydroxylation is 1. The van der Waals surface area contributed by atoms with E-state index >= 15 is 0 Å². The van der Waals surface area contributed by atoms with Crippen molar-refractivity contribution in [1.82, 2.24) is 19.2 Å². The van der Waals surface area contributed by atoms with E-state index in [1.807, 2.05) is 10.8 Å². The Balaban J connectivity index is 1.87. The van der Waals surface area contributed by atoms with Crippen molar-refractivity contribution in [3.8, 4) is 0 Å². The second-order valence-corrected chi connectivity index (χ2v) is 4.71. The van der Waals surface area contributed by atoms with Crippen molar-refractivity contribution in [3.63, 3.8) is 0 Å². The van der Waals surface area contributed by atoms with E-state index in [1.54, 1.807) is 19.6 Å². The van der Waals surface area contributed by atoms with E-state index in [4.69, 9.17) is 5.73 Å². The van der Waals surface area contributed by atoms with Crippen molar-refractivity contribution in [2.45, 2.75) is 13.0 Å². The van der Waals surface area contributed by atoms with Crippen LogP contribution in [0.15, 0.2) is 18.7 Å². The maximum absolute atomic E-state index is 11.7. The maximum Gasteiger partial charge on any atom is 0.257 e. The Morgan fingerprint density at radius 3 is 3.11 bits per heavy atom. The summed E-state index contributed by atoms with van der Waals surface area (Å²) < 4.78 is 6.00. The van der Waals surface area contributed by atoms with Crippen molar-refractivity contribution >= 4 is 28.3 Å². The lowest BCUT2D eigenvalue weighted by atomic mass is 10.3. The molecule has 8 heteroatoms. The van der Waals surface area contributed by atoms with Crippen LogP contribution in [0.1, 0.15) is 16.8 Å². The zero-order valence-electron chi connectivity index (χ0n) is 10.6. The lowest BCUT2D eigenvalue weighted by molar-refractivity contribution is 0.0965. The van der Waals surface area contributed by atoms with Crippen LogP contribution in [0.3, 0.4) is 0 Å². The molecule has 0 fully saturated rings. The summed E-state index contributed by atoms with van der Waals surface area (Å²) in [5.74, 6) is 0.0461. The SMILES string of the molecule is CNC(=O)c1c(N)nsc1NCCCn1ccnc1. The summed E-state index contributed by atoms with van der Waals surface area (Å²) in [6.07, 6.45) is 6.36. The fourth-order valence-electron chi connectivity index (χ4n) is 1.65. The Labute approximate surface area is 115 Å². The summed E-state index contributed by atoms with van der Waals surface area (Å²) in [7, 11) is 1.57. The van der Waals surface area contributed by atoms with E-state index in [1.165, 1.54) is 11.5 Å². The van der Waals surface area contributed by atoms with Gasteiger partial charge in [0.05, 0.1) is 6.33 Å². The van der Waals surface area contributed by atoms with Gasteiger partial charge in [-0.2, -0.15) is 4.37 Å². The highest BCUT2D eigenvalue weighted by Crippen LogP contribution is 2.26. The fourth-order valence-corrected chi connectivity index (χ4v) is 2.39. The average Bonchev–Trinajstić information content (AvgIpc) is 3.04. The first-order valence-corrected chi connectivity index (χ1v) is 6.66. The molecule has 2 rings (SSSR count). The molecule has 2 aromatic heterocycles. The molecule has 0 atom stereocenters. The van der Waals surface area contributed by atoms with Gasteiger partial charge in [-0.15, -0.1) is 0 Å². The van der Waals surface area contributed by atoms with Gasteiger partial charge in [0.2, 0.25) is 0 Å². The van der Waals surface area contributed by atoms with Crippen LogP contribution in [-0.4, -0.2) is 33.4 Å². The Hall–Kier alpha value is -2.09.